The van der Waals surface area contributed by atoms with Crippen LogP contribution in [0, 0.1) is 11.7 Å². The lowest BCUT2D eigenvalue weighted by Gasteiger charge is -2.14. The first-order valence-corrected chi connectivity index (χ1v) is 7.88. The number of benzene rings is 1. The van der Waals surface area contributed by atoms with Crippen LogP contribution in [-0.4, -0.2) is 20.2 Å². The molecule has 0 radical (unpaired) electrons. The molecule has 5 heteroatoms. The van der Waals surface area contributed by atoms with Crippen LogP contribution >= 0.6 is 0 Å². The van der Waals surface area contributed by atoms with Crippen molar-refractivity contribution < 1.29 is 12.8 Å². The Hall–Kier alpha value is -0.940. The number of rotatable bonds is 4. The van der Waals surface area contributed by atoms with E-state index in [0.29, 0.717) is 12.3 Å². The molecule has 0 heterocycles. The third-order valence-corrected chi connectivity index (χ3v) is 5.41. The second-order valence-electron chi connectivity index (χ2n) is 4.92. The van der Waals surface area contributed by atoms with Gasteiger partial charge >= 0.3 is 0 Å². The summed E-state index contributed by atoms with van der Waals surface area (Å²) in [7, 11) is -3.31. The van der Waals surface area contributed by atoms with Gasteiger partial charge in [-0.3, -0.25) is 0 Å². The predicted octanol–water partition coefficient (Wildman–Crippen LogP) is 2.12. The van der Waals surface area contributed by atoms with E-state index >= 15 is 0 Å². The summed E-state index contributed by atoms with van der Waals surface area (Å²) in [5, 5.41) is 0. The molecule has 2 rings (SSSR count). The van der Waals surface area contributed by atoms with Crippen LogP contribution in [0.5, 0.6) is 0 Å². The van der Waals surface area contributed by atoms with Crippen molar-refractivity contribution in [3.8, 4) is 0 Å². The molecule has 2 unspecified atom stereocenters. The van der Waals surface area contributed by atoms with E-state index in [9.17, 15) is 12.8 Å². The monoisotopic (exact) mass is 271 g/mol. The minimum Gasteiger partial charge on any atom is -0.327 e. The zero-order valence-corrected chi connectivity index (χ0v) is 11.0. The van der Waals surface area contributed by atoms with Crippen molar-refractivity contribution in [3.05, 3.63) is 30.1 Å². The minimum atomic E-state index is -3.31. The SMILES string of the molecule is NC1CCCC1CCS(=O)(=O)c1ccc(F)cc1. The van der Waals surface area contributed by atoms with Gasteiger partial charge in [-0.1, -0.05) is 6.42 Å². The van der Waals surface area contributed by atoms with Crippen molar-refractivity contribution in [1.29, 1.82) is 0 Å². The van der Waals surface area contributed by atoms with Gasteiger partial charge < -0.3 is 5.73 Å². The standard InChI is InChI=1S/C13H18FNO2S/c14-11-4-6-12(7-5-11)18(16,17)9-8-10-2-1-3-13(10)15/h4-7,10,13H,1-3,8-9,15H2. The Morgan fingerprint density at radius 3 is 2.44 bits per heavy atom. The van der Waals surface area contributed by atoms with Gasteiger partial charge in [-0.15, -0.1) is 0 Å². The molecule has 18 heavy (non-hydrogen) atoms. The third kappa shape index (κ3) is 3.09. The summed E-state index contributed by atoms with van der Waals surface area (Å²) in [5.74, 6) is -0.0243. The minimum absolute atomic E-state index is 0.0942. The fourth-order valence-corrected chi connectivity index (χ4v) is 3.89. The fraction of sp³-hybridized carbons (Fsp3) is 0.538. The van der Waals surface area contributed by atoms with Crippen molar-refractivity contribution in [1.82, 2.24) is 0 Å². The molecule has 2 atom stereocenters. The molecule has 0 aliphatic heterocycles. The highest BCUT2D eigenvalue weighted by Crippen LogP contribution is 2.28. The Balaban J connectivity index is 2.01. The lowest BCUT2D eigenvalue weighted by Crippen LogP contribution is -2.26. The molecule has 0 bridgehead atoms. The molecule has 1 aliphatic rings. The largest absolute Gasteiger partial charge is 0.327 e. The first-order valence-electron chi connectivity index (χ1n) is 6.23. The number of halogens is 1. The van der Waals surface area contributed by atoms with Gasteiger partial charge in [-0.05, 0) is 49.4 Å². The molecule has 3 nitrogen and oxygen atoms in total. The molecule has 1 aromatic rings. The first kappa shape index (κ1) is 13.5. The van der Waals surface area contributed by atoms with Crippen molar-refractivity contribution in [2.24, 2.45) is 11.7 Å². The Labute approximate surface area is 107 Å². The molecule has 2 N–H and O–H groups in total. The van der Waals surface area contributed by atoms with Gasteiger partial charge in [0, 0.05) is 6.04 Å². The zero-order chi connectivity index (χ0) is 13.2. The highest BCUT2D eigenvalue weighted by molar-refractivity contribution is 7.91. The fourth-order valence-electron chi connectivity index (χ4n) is 2.49. The zero-order valence-electron chi connectivity index (χ0n) is 10.2. The summed E-state index contributed by atoms with van der Waals surface area (Å²) in [4.78, 5) is 0.190. The van der Waals surface area contributed by atoms with E-state index in [4.69, 9.17) is 5.73 Å². The van der Waals surface area contributed by atoms with Crippen molar-refractivity contribution in [2.45, 2.75) is 36.6 Å². The molecule has 100 valence electrons. The molecule has 1 fully saturated rings. The summed E-state index contributed by atoms with van der Waals surface area (Å²) in [6, 6.07) is 5.12. The van der Waals surface area contributed by atoms with E-state index in [1.807, 2.05) is 0 Å². The van der Waals surface area contributed by atoms with Crippen LogP contribution in [0.1, 0.15) is 25.7 Å². The molecule has 0 amide bonds. The maximum Gasteiger partial charge on any atom is 0.178 e. The Morgan fingerprint density at radius 2 is 1.89 bits per heavy atom. The summed E-state index contributed by atoms with van der Waals surface area (Å²) in [6.45, 7) is 0. The lowest BCUT2D eigenvalue weighted by molar-refractivity contribution is 0.464. The molecule has 1 aliphatic carbocycles. The van der Waals surface area contributed by atoms with Crippen LogP contribution in [0.15, 0.2) is 29.2 Å². The van der Waals surface area contributed by atoms with E-state index in [2.05, 4.69) is 0 Å². The number of hydrogen-bond acceptors (Lipinski definition) is 3. The quantitative estimate of drug-likeness (QED) is 0.853. The van der Waals surface area contributed by atoms with Crippen molar-refractivity contribution in [2.75, 3.05) is 5.75 Å². The van der Waals surface area contributed by atoms with E-state index in [1.165, 1.54) is 24.3 Å². The summed E-state index contributed by atoms with van der Waals surface area (Å²) >= 11 is 0. The normalized spacial score (nSPS) is 24.3. The molecule has 0 saturated heterocycles. The Bertz CT molecular complexity index is 498. The van der Waals surface area contributed by atoms with Crippen LogP contribution < -0.4 is 5.73 Å². The van der Waals surface area contributed by atoms with Gasteiger partial charge in [0.05, 0.1) is 10.6 Å². The van der Waals surface area contributed by atoms with Crippen LogP contribution in [0.4, 0.5) is 4.39 Å². The molecule has 0 spiro atoms. The van der Waals surface area contributed by atoms with E-state index < -0.39 is 15.7 Å². The van der Waals surface area contributed by atoms with Crippen LogP contribution in [0.25, 0.3) is 0 Å². The molecular formula is C13H18FNO2S. The summed E-state index contributed by atoms with van der Waals surface area (Å²) < 4.78 is 36.8. The van der Waals surface area contributed by atoms with Gasteiger partial charge in [0.15, 0.2) is 9.84 Å². The maximum atomic E-state index is 12.7. The highest BCUT2D eigenvalue weighted by atomic mass is 32.2. The molecule has 1 aromatic carbocycles. The second kappa shape index (κ2) is 5.36. The number of hydrogen-bond donors (Lipinski definition) is 1. The van der Waals surface area contributed by atoms with E-state index in [1.54, 1.807) is 0 Å². The van der Waals surface area contributed by atoms with Gasteiger partial charge in [-0.25, -0.2) is 12.8 Å². The van der Waals surface area contributed by atoms with Crippen molar-refractivity contribution in [3.63, 3.8) is 0 Å². The number of sulfone groups is 1. The average molecular weight is 271 g/mol. The summed E-state index contributed by atoms with van der Waals surface area (Å²) in [6.07, 6.45) is 3.69. The predicted molar refractivity (Wildman–Crippen MR) is 68.4 cm³/mol. The number of nitrogens with two attached hydrogens (primary N) is 1. The second-order valence-corrected chi connectivity index (χ2v) is 7.03. The van der Waals surface area contributed by atoms with Gasteiger partial charge in [0.25, 0.3) is 0 Å². The first-order chi connectivity index (χ1) is 8.49. The maximum absolute atomic E-state index is 12.7. The smallest absolute Gasteiger partial charge is 0.178 e. The molecule has 1 saturated carbocycles. The third-order valence-electron chi connectivity index (χ3n) is 3.65. The molecule has 0 aromatic heterocycles. The van der Waals surface area contributed by atoms with E-state index in [-0.39, 0.29) is 16.7 Å². The van der Waals surface area contributed by atoms with Gasteiger partial charge in [0.1, 0.15) is 5.82 Å². The highest BCUT2D eigenvalue weighted by Gasteiger charge is 2.26. The van der Waals surface area contributed by atoms with Crippen LogP contribution in [0.3, 0.4) is 0 Å². The van der Waals surface area contributed by atoms with Crippen LogP contribution in [0.2, 0.25) is 0 Å². The lowest BCUT2D eigenvalue weighted by atomic mass is 10.0. The summed E-state index contributed by atoms with van der Waals surface area (Å²) in [5.41, 5.74) is 5.92. The van der Waals surface area contributed by atoms with E-state index in [0.717, 1.165) is 19.3 Å². The molecular weight excluding hydrogens is 253 g/mol. The average Bonchev–Trinajstić information content (AvgIpc) is 2.73. The van der Waals surface area contributed by atoms with Gasteiger partial charge in [-0.2, -0.15) is 0 Å². The Kier molecular flexibility index (Phi) is 4.02. The Morgan fingerprint density at radius 1 is 1.22 bits per heavy atom. The van der Waals surface area contributed by atoms with Crippen LogP contribution in [-0.2, 0) is 9.84 Å². The van der Waals surface area contributed by atoms with Crippen molar-refractivity contribution >= 4 is 9.84 Å². The topological polar surface area (TPSA) is 60.2 Å². The van der Waals surface area contributed by atoms with Gasteiger partial charge in [0.2, 0.25) is 0 Å².